The van der Waals surface area contributed by atoms with Crippen LogP contribution in [0.1, 0.15) is 124 Å². The van der Waals surface area contributed by atoms with Crippen molar-refractivity contribution < 1.29 is 34.0 Å². The number of ketones is 1. The van der Waals surface area contributed by atoms with Crippen LogP contribution in [0, 0.1) is 27.7 Å². The van der Waals surface area contributed by atoms with Crippen LogP contribution in [0.2, 0.25) is 0 Å². The van der Waals surface area contributed by atoms with Gasteiger partial charge in [0.2, 0.25) is 17.2 Å². The molecule has 0 fully saturated rings. The standard InChI is InChI=1S/C48H44N2O2.C32H28N4O4/c1-31-17-27-43(33(3)29-31)49(35(5)37-13-9-7-10-14-37)41-23-19-39(20-24-41)45-47(51)46(48(45)52)40-21-25-42(26-22-40)50(36(6)38-15-11-8-12-16-38)44-28-18-32(2)30-34(44)4;37-29-25-3-1-4-26(15-25)30(38)34-18-22-9-13-24(14-10-22)20-36-32(40)28-6-2-5-27(16-28)31(39)35-19-23-11-7-21(8-12-23)17-33-29/h7-30,35-36H,1-6H3;1-16H,17-20H2,(H,33,37)(H,34,38)(H,35,39)(H,36,40). The number of hydrogen-bond acceptors (Lipinski definition) is 8. The lowest BCUT2D eigenvalue weighted by atomic mass is 9.80. The molecule has 4 N–H and O–H groups in total. The van der Waals surface area contributed by atoms with E-state index in [-0.39, 0.29) is 47.9 Å². The maximum Gasteiger partial charge on any atom is 0.251 e. The van der Waals surface area contributed by atoms with Crippen LogP contribution in [-0.4, -0.2) is 44.8 Å². The van der Waals surface area contributed by atoms with E-state index in [4.69, 9.17) is 0 Å². The fraction of sp³-hybridized carbons (Fsp3) is 0.150. The molecule has 0 spiro atoms. The highest BCUT2D eigenvalue weighted by atomic mass is 16.3. The summed E-state index contributed by atoms with van der Waals surface area (Å²) in [6, 6.07) is 70.1. The van der Waals surface area contributed by atoms with Gasteiger partial charge in [-0.2, -0.15) is 4.58 Å². The van der Waals surface area contributed by atoms with Crippen molar-refractivity contribution in [2.75, 3.05) is 4.90 Å². The number of hydrogen-bond donors (Lipinski definition) is 4. The van der Waals surface area contributed by atoms with Gasteiger partial charge >= 0.3 is 0 Å². The molecule has 12 nitrogen and oxygen atoms in total. The minimum atomic E-state index is -0.405. The molecule has 458 valence electrons. The molecule has 2 atom stereocenters. The number of rotatable bonds is 8. The van der Waals surface area contributed by atoms with Crippen molar-refractivity contribution in [3.63, 3.8) is 0 Å². The second-order valence-corrected chi connectivity index (χ2v) is 23.5. The third kappa shape index (κ3) is 14.3. The molecule has 2 unspecified atom stereocenters. The van der Waals surface area contributed by atoms with E-state index in [1.807, 2.05) is 109 Å². The van der Waals surface area contributed by atoms with E-state index >= 15 is 0 Å². The molecule has 9 aromatic rings. The molecule has 15 rings (SSSR count). The van der Waals surface area contributed by atoms with Gasteiger partial charge in [0.05, 0.1) is 23.7 Å². The smallest absolute Gasteiger partial charge is 0.251 e. The molecule has 8 bridgehead atoms. The van der Waals surface area contributed by atoms with E-state index in [0.29, 0.717) is 64.2 Å². The van der Waals surface area contributed by atoms with Crippen LogP contribution in [0.5, 0.6) is 0 Å². The van der Waals surface area contributed by atoms with Crippen molar-refractivity contribution in [1.82, 2.24) is 16.0 Å². The number of aliphatic hydroxyl groups is 1. The molecule has 0 radical (unpaired) electrons. The highest BCUT2D eigenvalue weighted by Crippen LogP contribution is 2.42. The Kier molecular flexibility index (Phi) is 19.0. The molecule has 0 aromatic heterocycles. The zero-order chi connectivity index (χ0) is 64.4. The van der Waals surface area contributed by atoms with E-state index in [1.54, 1.807) is 42.5 Å². The monoisotopic (exact) mass is 1210 g/mol. The van der Waals surface area contributed by atoms with E-state index in [0.717, 1.165) is 45.0 Å². The van der Waals surface area contributed by atoms with Crippen LogP contribution in [0.25, 0.3) is 5.57 Å². The number of Topliss-reactive ketones (excluding diaryl/α,β-unsaturated/α-hetero) is 1. The Labute approximate surface area is 537 Å². The number of aryl methyl sites for hydroxylation is 4. The number of carbonyl (C=O) groups is 4. The predicted octanol–water partition coefficient (Wildman–Crippen LogP) is 14.7. The summed E-state index contributed by atoms with van der Waals surface area (Å²) < 4.78 is 2.34. The minimum absolute atomic E-state index is 0.0401. The van der Waals surface area contributed by atoms with Gasteiger partial charge in [-0.15, -0.1) is 0 Å². The summed E-state index contributed by atoms with van der Waals surface area (Å²) in [5.74, 6) is -1.38. The highest BCUT2D eigenvalue weighted by molar-refractivity contribution is 6.39. The van der Waals surface area contributed by atoms with Crippen LogP contribution >= 0.6 is 0 Å². The fourth-order valence-corrected chi connectivity index (χ4v) is 11.8. The van der Waals surface area contributed by atoms with Gasteiger partial charge in [-0.05, 0) is 157 Å². The summed E-state index contributed by atoms with van der Waals surface area (Å²) >= 11 is 0. The Balaban J connectivity index is 0.000000195. The zero-order valence-electron chi connectivity index (χ0n) is 52.4. The molecule has 3 amide bonds. The first-order chi connectivity index (χ1) is 44.6. The summed E-state index contributed by atoms with van der Waals surface area (Å²) in [6.07, 6.45) is 7.98. The molecule has 4 aliphatic heterocycles. The van der Waals surface area contributed by atoms with Crippen LogP contribution in [0.3, 0.4) is 0 Å². The molecule has 9 aromatic carbocycles. The molecule has 4 heterocycles. The number of carbonyl (C=O) groups excluding carboxylic acids is 4. The number of aliphatic hydroxyl groups excluding tert-OH is 1. The first-order valence-corrected chi connectivity index (χ1v) is 30.9. The molecular formula is C80H72N6O6. The number of nitrogens with zero attached hydrogens (tertiary/aromatic N) is 3. The molecule has 0 saturated carbocycles. The van der Waals surface area contributed by atoms with Crippen molar-refractivity contribution in [2.45, 2.75) is 79.8 Å². The van der Waals surface area contributed by atoms with Crippen LogP contribution in [-0.2, 0) is 31.0 Å². The lowest BCUT2D eigenvalue weighted by Crippen LogP contribution is -2.25. The molecular weight excluding hydrogens is 1140 g/mol. The third-order valence-electron chi connectivity index (χ3n) is 16.9. The minimum Gasteiger partial charge on any atom is -0.858 e. The van der Waals surface area contributed by atoms with Gasteiger partial charge in [0.15, 0.2) is 6.04 Å². The van der Waals surface area contributed by atoms with Crippen LogP contribution < -0.4 is 26.0 Å². The summed E-state index contributed by atoms with van der Waals surface area (Å²) in [4.78, 5) is 58.4. The normalized spacial score (nSPS) is 14.9. The largest absolute Gasteiger partial charge is 0.858 e. The Bertz CT molecular complexity index is 4450. The Morgan fingerprint density at radius 1 is 0.478 bits per heavy atom. The quantitative estimate of drug-likeness (QED) is 0.0868. The third-order valence-corrected chi connectivity index (χ3v) is 16.9. The van der Waals surface area contributed by atoms with Crippen LogP contribution in [0.15, 0.2) is 265 Å². The van der Waals surface area contributed by atoms with Crippen LogP contribution in [0.4, 0.5) is 17.1 Å². The first kappa shape index (κ1) is 62.4. The Morgan fingerprint density at radius 3 is 1.47 bits per heavy atom. The molecule has 6 aliphatic rings. The van der Waals surface area contributed by atoms with Gasteiger partial charge < -0.3 is 31.1 Å². The zero-order valence-corrected chi connectivity index (χ0v) is 52.4. The second-order valence-electron chi connectivity index (χ2n) is 23.5. The summed E-state index contributed by atoms with van der Waals surface area (Å²) in [5.41, 5.74) is 18.6. The first-order valence-electron chi connectivity index (χ1n) is 30.9. The maximum atomic E-state index is 13.7. The number of nitrogens with one attached hydrogen (secondary N) is 3. The van der Waals surface area contributed by atoms with Gasteiger partial charge in [-0.1, -0.05) is 169 Å². The predicted molar refractivity (Wildman–Crippen MR) is 364 cm³/mol. The number of aliphatic imine (C=N–C) groups is 1. The summed E-state index contributed by atoms with van der Waals surface area (Å²) in [6.45, 7) is 14.0. The van der Waals surface area contributed by atoms with Gasteiger partial charge in [-0.3, -0.25) is 24.2 Å². The van der Waals surface area contributed by atoms with Gasteiger partial charge in [0.25, 0.3) is 17.7 Å². The Morgan fingerprint density at radius 2 is 0.957 bits per heavy atom. The van der Waals surface area contributed by atoms with Crippen molar-refractivity contribution in [1.29, 1.82) is 0 Å². The topological polar surface area (TPSA) is 166 Å². The maximum absolute atomic E-state index is 13.7. The van der Waals surface area contributed by atoms with Crippen molar-refractivity contribution >= 4 is 57.7 Å². The molecule has 0 saturated heterocycles. The fourth-order valence-electron chi connectivity index (χ4n) is 11.8. The van der Waals surface area contributed by atoms with Crippen molar-refractivity contribution in [3.8, 4) is 0 Å². The summed E-state index contributed by atoms with van der Waals surface area (Å²) in [5, 5.41) is 32.7. The van der Waals surface area contributed by atoms with Gasteiger partial charge in [-0.25, -0.2) is 0 Å². The van der Waals surface area contributed by atoms with E-state index in [9.17, 15) is 29.4 Å². The lowest BCUT2D eigenvalue weighted by Gasteiger charge is -2.33. The average Bonchev–Trinajstić information content (AvgIpc) is 0.757. The van der Waals surface area contributed by atoms with E-state index < -0.39 is 5.90 Å². The average molecular weight is 1210 g/mol. The van der Waals surface area contributed by atoms with Crippen molar-refractivity contribution in [3.05, 3.63) is 343 Å². The number of amides is 3. The lowest BCUT2D eigenvalue weighted by molar-refractivity contribution is -0.486. The molecule has 92 heavy (non-hydrogen) atoms. The molecule has 12 heteroatoms. The SMILES string of the molecule is Cc1ccc(N(c2ccc(C3=C(O)C(=C4C=CC(=[N+](c5ccc(C)cc5C)C(C)c5ccccc5)C=C4)C3=O)cc2)C(C)c2ccccc2)c(C)c1.O=C1NCc2ccc(cc2)CN=C([O-])c2cccc(c2)C(=O)NCc2ccc(cc2)CNC(=O)c2cccc1c2. The second kappa shape index (κ2) is 28.1. The number of benzene rings is 9. The number of allylic oxidation sites excluding steroid dienone is 7. The Hall–Kier alpha value is -11.2. The molecule has 2 aliphatic carbocycles. The van der Waals surface area contributed by atoms with Gasteiger partial charge in [0.1, 0.15) is 5.76 Å². The highest BCUT2D eigenvalue weighted by Gasteiger charge is 2.37. The number of anilines is 2. The summed E-state index contributed by atoms with van der Waals surface area (Å²) in [7, 11) is 0. The van der Waals surface area contributed by atoms with E-state index in [2.05, 4.69) is 157 Å². The van der Waals surface area contributed by atoms with Gasteiger partial charge in [0, 0.05) is 84.0 Å². The van der Waals surface area contributed by atoms with Crippen molar-refractivity contribution in [2.24, 2.45) is 4.99 Å². The van der Waals surface area contributed by atoms with E-state index in [1.165, 1.54) is 39.4 Å².